The Kier molecular flexibility index (Phi) is 8.77. The van der Waals surface area contributed by atoms with Crippen LogP contribution in [0.4, 0.5) is 22.0 Å². The highest BCUT2D eigenvalue weighted by Gasteiger charge is 2.29. The van der Waals surface area contributed by atoms with E-state index in [1.165, 1.54) is 39.7 Å². The lowest BCUT2D eigenvalue weighted by Crippen LogP contribution is -2.48. The minimum atomic E-state index is -3.78. The molecular formula is C32H32N8O5S2. The third-order valence-electron chi connectivity index (χ3n) is 7.62. The van der Waals surface area contributed by atoms with Crippen molar-refractivity contribution in [1.29, 1.82) is 0 Å². The molecule has 0 bridgehead atoms. The fourth-order valence-corrected chi connectivity index (χ4v) is 7.53. The van der Waals surface area contributed by atoms with Gasteiger partial charge in [0.15, 0.2) is 0 Å². The summed E-state index contributed by atoms with van der Waals surface area (Å²) in [6, 6.07) is 21.2. The number of hydrogen-bond acceptors (Lipinski definition) is 9. The molecule has 5 aromatic rings. The van der Waals surface area contributed by atoms with Crippen LogP contribution in [0, 0.1) is 0 Å². The number of rotatable bonds is 8. The van der Waals surface area contributed by atoms with Crippen LogP contribution in [0.2, 0.25) is 0 Å². The molecule has 2 amide bonds. The normalized spacial score (nSPS) is 14.1. The summed E-state index contributed by atoms with van der Waals surface area (Å²) in [6.07, 6.45) is 4.77. The van der Waals surface area contributed by atoms with Gasteiger partial charge >= 0.3 is 6.03 Å². The van der Waals surface area contributed by atoms with E-state index in [-0.39, 0.29) is 28.9 Å². The van der Waals surface area contributed by atoms with Gasteiger partial charge < -0.3 is 15.1 Å². The maximum absolute atomic E-state index is 13.3. The van der Waals surface area contributed by atoms with Crippen LogP contribution in [-0.4, -0.2) is 87.3 Å². The van der Waals surface area contributed by atoms with E-state index in [4.69, 9.17) is 4.98 Å². The number of piperazine rings is 1. The molecular weight excluding hydrogens is 641 g/mol. The number of hydrogen-bond donors (Lipinski definition) is 2. The van der Waals surface area contributed by atoms with E-state index in [0.717, 1.165) is 5.56 Å². The quantitative estimate of drug-likeness (QED) is 0.248. The van der Waals surface area contributed by atoms with E-state index in [0.29, 0.717) is 46.9 Å². The number of carbonyl (C=O) groups excluding carboxylic acids is 1. The summed E-state index contributed by atoms with van der Waals surface area (Å²) >= 11 is 0. The van der Waals surface area contributed by atoms with Crippen LogP contribution < -0.4 is 14.9 Å². The minimum absolute atomic E-state index is 0.151. The van der Waals surface area contributed by atoms with E-state index >= 15 is 0 Å². The van der Waals surface area contributed by atoms with Crippen LogP contribution in [0.3, 0.4) is 0 Å². The lowest BCUT2D eigenvalue weighted by molar-refractivity contribution is 0.230. The molecule has 0 atom stereocenters. The first-order chi connectivity index (χ1) is 22.5. The molecule has 0 spiro atoms. The van der Waals surface area contributed by atoms with Gasteiger partial charge in [-0.15, -0.1) is 0 Å². The minimum Gasteiger partial charge on any atom is -0.353 e. The predicted molar refractivity (Wildman–Crippen MR) is 180 cm³/mol. The van der Waals surface area contributed by atoms with E-state index in [2.05, 4.69) is 20.0 Å². The second-order valence-corrected chi connectivity index (χ2v) is 14.7. The van der Waals surface area contributed by atoms with Crippen LogP contribution in [0.1, 0.15) is 0 Å². The van der Waals surface area contributed by atoms with Gasteiger partial charge in [-0.05, 0) is 60.2 Å². The van der Waals surface area contributed by atoms with Gasteiger partial charge in [0.2, 0.25) is 10.0 Å². The van der Waals surface area contributed by atoms with Crippen LogP contribution in [-0.2, 0) is 20.0 Å². The first-order valence-electron chi connectivity index (χ1n) is 14.6. The Morgan fingerprint density at radius 2 is 1.47 bits per heavy atom. The molecule has 1 aliphatic rings. The summed E-state index contributed by atoms with van der Waals surface area (Å²) in [7, 11) is -4.27. The van der Waals surface area contributed by atoms with Crippen LogP contribution in [0.5, 0.6) is 0 Å². The summed E-state index contributed by atoms with van der Waals surface area (Å²) in [5.41, 5.74) is 3.61. The van der Waals surface area contributed by atoms with Crippen LogP contribution in [0.15, 0.2) is 107 Å². The van der Waals surface area contributed by atoms with E-state index < -0.39 is 20.0 Å². The highest BCUT2D eigenvalue weighted by molar-refractivity contribution is 7.92. The largest absolute Gasteiger partial charge is 0.353 e. The number of urea groups is 1. The van der Waals surface area contributed by atoms with Crippen molar-refractivity contribution < 1.29 is 21.6 Å². The average Bonchev–Trinajstić information content (AvgIpc) is 3.08. The predicted octanol–water partition coefficient (Wildman–Crippen LogP) is 4.10. The molecule has 6 rings (SSSR count). The molecule has 242 valence electrons. The third-order valence-corrected chi connectivity index (χ3v) is 10.9. The highest BCUT2D eigenvalue weighted by atomic mass is 32.2. The van der Waals surface area contributed by atoms with Crippen LogP contribution >= 0.6 is 0 Å². The number of fused-ring (bicyclic) bond motifs is 1. The van der Waals surface area contributed by atoms with Gasteiger partial charge in [-0.2, -0.15) is 4.31 Å². The molecule has 15 heteroatoms. The average molecular weight is 673 g/mol. The van der Waals surface area contributed by atoms with Gasteiger partial charge in [0, 0.05) is 57.7 Å². The molecule has 3 heterocycles. The Morgan fingerprint density at radius 3 is 2.17 bits per heavy atom. The first-order valence-corrected chi connectivity index (χ1v) is 17.6. The summed E-state index contributed by atoms with van der Waals surface area (Å²) in [4.78, 5) is 29.2. The lowest BCUT2D eigenvalue weighted by atomic mass is 10.1. The molecule has 0 radical (unpaired) electrons. The van der Waals surface area contributed by atoms with Crippen molar-refractivity contribution in [3.05, 3.63) is 97.5 Å². The Labute approximate surface area is 273 Å². The Balaban J connectivity index is 1.14. The number of carbonyl (C=O) groups is 1. The monoisotopic (exact) mass is 672 g/mol. The first kappa shape index (κ1) is 31.8. The number of anilines is 3. The molecule has 0 unspecified atom stereocenters. The van der Waals surface area contributed by atoms with Crippen LogP contribution in [0.25, 0.3) is 22.2 Å². The zero-order valence-electron chi connectivity index (χ0n) is 25.6. The molecule has 47 heavy (non-hydrogen) atoms. The zero-order valence-corrected chi connectivity index (χ0v) is 27.2. The number of nitrogens with one attached hydrogen (secondary N) is 2. The van der Waals surface area contributed by atoms with Gasteiger partial charge in [0.05, 0.1) is 38.9 Å². The van der Waals surface area contributed by atoms with Crippen molar-refractivity contribution in [3.63, 3.8) is 0 Å². The molecule has 1 aliphatic heterocycles. The second kappa shape index (κ2) is 12.9. The third kappa shape index (κ3) is 7.01. The number of aromatic nitrogens is 3. The number of benzene rings is 3. The number of nitrogens with zero attached hydrogens (tertiary/aromatic N) is 6. The fourth-order valence-electron chi connectivity index (χ4n) is 5.05. The highest BCUT2D eigenvalue weighted by Crippen LogP contribution is 2.27. The van der Waals surface area contributed by atoms with Gasteiger partial charge in [0.25, 0.3) is 10.0 Å². The van der Waals surface area contributed by atoms with Crippen molar-refractivity contribution in [2.75, 3.05) is 55.2 Å². The second-order valence-electron chi connectivity index (χ2n) is 11.1. The van der Waals surface area contributed by atoms with Crippen molar-refractivity contribution >= 4 is 54.3 Å². The van der Waals surface area contributed by atoms with Gasteiger partial charge in [-0.3, -0.25) is 14.7 Å². The molecule has 2 N–H and O–H groups in total. The van der Waals surface area contributed by atoms with Gasteiger partial charge in [0.1, 0.15) is 5.82 Å². The molecule has 0 saturated carbocycles. The van der Waals surface area contributed by atoms with Gasteiger partial charge in [-0.1, -0.05) is 24.3 Å². The fraction of sp³-hybridized carbons (Fsp3) is 0.188. The topological polar surface area (TPSA) is 158 Å². The van der Waals surface area contributed by atoms with Crippen molar-refractivity contribution in [2.24, 2.45) is 0 Å². The van der Waals surface area contributed by atoms with E-state index in [1.807, 2.05) is 23.1 Å². The Hall–Kier alpha value is -5.12. The summed E-state index contributed by atoms with van der Waals surface area (Å²) in [5, 5.41) is 2.70. The molecule has 0 aliphatic carbocycles. The molecule has 2 aromatic heterocycles. The van der Waals surface area contributed by atoms with Crippen molar-refractivity contribution in [3.8, 4) is 11.1 Å². The Bertz CT molecular complexity index is 2140. The van der Waals surface area contributed by atoms with Crippen molar-refractivity contribution in [1.82, 2.24) is 24.2 Å². The maximum atomic E-state index is 13.3. The lowest BCUT2D eigenvalue weighted by Gasteiger charge is -2.34. The smallest absolute Gasteiger partial charge is 0.321 e. The van der Waals surface area contributed by atoms with Gasteiger partial charge in [-0.25, -0.2) is 26.6 Å². The zero-order chi connectivity index (χ0) is 33.2. The molecule has 1 fully saturated rings. The SMILES string of the molecule is CN(C)C(=O)Nc1ccc(S(=O)(=O)N2CCN(c3cnc4ccc(-c5cncc(NS(=O)(=O)c6ccccc6)c5)cc4n3)CC2)cc1. The van der Waals surface area contributed by atoms with Crippen molar-refractivity contribution in [2.45, 2.75) is 9.79 Å². The standard InChI is InChI=1S/C32H32N8O5S2/c1-38(2)32(41)35-25-9-11-28(12-10-25)47(44,45)40-16-14-39(15-17-40)31-22-34-29-13-8-23(19-30(29)36-31)24-18-26(21-33-20-24)37-46(42,43)27-6-4-3-5-7-27/h3-13,18-22,37H,14-17H2,1-2H3,(H,35,41). The number of sulfonamides is 2. The molecule has 13 nitrogen and oxygen atoms in total. The summed E-state index contributed by atoms with van der Waals surface area (Å²) in [5.74, 6) is 0.621. The molecule has 3 aromatic carbocycles. The summed E-state index contributed by atoms with van der Waals surface area (Å²) in [6.45, 7) is 1.37. The van der Waals surface area contributed by atoms with E-state index in [9.17, 15) is 21.6 Å². The number of pyridine rings is 1. The maximum Gasteiger partial charge on any atom is 0.321 e. The summed E-state index contributed by atoms with van der Waals surface area (Å²) < 4.78 is 56.3. The van der Waals surface area contributed by atoms with E-state index in [1.54, 1.807) is 62.9 Å². The number of amides is 2. The Morgan fingerprint density at radius 1 is 0.745 bits per heavy atom. The molecule has 1 saturated heterocycles.